The molecular weight excluding hydrogens is 482 g/mol. The Morgan fingerprint density at radius 1 is 1.03 bits per heavy atom. The predicted octanol–water partition coefficient (Wildman–Crippen LogP) is 2.47. The van der Waals surface area contributed by atoms with Crippen LogP contribution >= 0.6 is 0 Å². The van der Waals surface area contributed by atoms with Crippen molar-refractivity contribution in [2.24, 2.45) is 30.7 Å². The van der Waals surface area contributed by atoms with Crippen LogP contribution in [0.3, 0.4) is 0 Å². The van der Waals surface area contributed by atoms with Crippen molar-refractivity contribution in [3.63, 3.8) is 0 Å². The predicted molar refractivity (Wildman–Crippen MR) is 146 cm³/mol. The van der Waals surface area contributed by atoms with Gasteiger partial charge in [0.2, 0.25) is 5.91 Å². The summed E-state index contributed by atoms with van der Waals surface area (Å²) in [5, 5.41) is 20.1. The lowest BCUT2D eigenvalue weighted by molar-refractivity contribution is -0.121. The summed E-state index contributed by atoms with van der Waals surface area (Å²) in [7, 11) is 1.73. The minimum absolute atomic E-state index is 0.0888. The van der Waals surface area contributed by atoms with E-state index in [2.05, 4.69) is 32.5 Å². The van der Waals surface area contributed by atoms with E-state index in [1.54, 1.807) is 32.4 Å². The zero-order valence-corrected chi connectivity index (χ0v) is 22.7. The summed E-state index contributed by atoms with van der Waals surface area (Å²) in [5.74, 6) is 1.90. The Labute approximate surface area is 224 Å². The van der Waals surface area contributed by atoms with Crippen molar-refractivity contribution in [1.82, 2.24) is 25.0 Å². The molecule has 1 saturated heterocycles. The van der Waals surface area contributed by atoms with Crippen molar-refractivity contribution >= 4 is 23.3 Å². The highest BCUT2D eigenvalue weighted by molar-refractivity contribution is 6.00. The number of anilines is 2. The molecule has 4 atom stereocenters. The van der Waals surface area contributed by atoms with E-state index in [1.807, 2.05) is 17.0 Å². The van der Waals surface area contributed by atoms with E-state index in [1.165, 1.54) is 23.9 Å². The number of nitrogens with one attached hydrogen (secondary N) is 2. The summed E-state index contributed by atoms with van der Waals surface area (Å²) >= 11 is 0. The number of rotatable bonds is 10. The van der Waals surface area contributed by atoms with Crippen LogP contribution in [0.2, 0.25) is 0 Å². The van der Waals surface area contributed by atoms with Crippen molar-refractivity contribution in [2.75, 3.05) is 36.4 Å². The van der Waals surface area contributed by atoms with Crippen LogP contribution in [0.1, 0.15) is 56.4 Å². The molecule has 2 saturated carbocycles. The van der Waals surface area contributed by atoms with Crippen molar-refractivity contribution in [3.05, 3.63) is 36.3 Å². The standard InChI is InChI=1S/C28H41N7O3/c1-18(20-7-8-20)25(21-5-4-6-21)26(32-27(37)23-11-12-30-33(23)3)28(38)31-22-9-10-24(29-17-22)35-15-13-34(14-16-35)19(2)36/h9-12,17-21,25-26,36H,4-8,13-16H2,1-3H3,(H,31,38)(H,32,37)/t18?,19?,25?,26-/m0/s1. The highest BCUT2D eigenvalue weighted by Crippen LogP contribution is 2.48. The fourth-order valence-corrected chi connectivity index (χ4v) is 6.11. The zero-order chi connectivity index (χ0) is 26.8. The maximum Gasteiger partial charge on any atom is 0.270 e. The maximum atomic E-state index is 13.8. The van der Waals surface area contributed by atoms with Gasteiger partial charge in [-0.1, -0.05) is 26.2 Å². The normalized spacial score (nSPS) is 21.7. The van der Waals surface area contributed by atoms with Crippen LogP contribution in [-0.2, 0) is 11.8 Å². The number of carbonyl (C=O) groups excluding carboxylic acids is 2. The Bertz CT molecular complexity index is 1100. The molecule has 38 heavy (non-hydrogen) atoms. The number of aliphatic hydroxyl groups is 1. The van der Waals surface area contributed by atoms with E-state index in [9.17, 15) is 14.7 Å². The van der Waals surface area contributed by atoms with Gasteiger partial charge in [0, 0.05) is 39.4 Å². The molecule has 0 aromatic carbocycles. The van der Waals surface area contributed by atoms with Gasteiger partial charge in [0.1, 0.15) is 23.8 Å². The van der Waals surface area contributed by atoms with Crippen LogP contribution in [0.4, 0.5) is 11.5 Å². The van der Waals surface area contributed by atoms with Gasteiger partial charge in [-0.2, -0.15) is 5.10 Å². The van der Waals surface area contributed by atoms with E-state index in [4.69, 9.17) is 0 Å². The van der Waals surface area contributed by atoms with Gasteiger partial charge >= 0.3 is 0 Å². The van der Waals surface area contributed by atoms with E-state index in [-0.39, 0.29) is 17.7 Å². The molecule has 2 aromatic heterocycles. The van der Waals surface area contributed by atoms with E-state index in [0.29, 0.717) is 29.1 Å². The van der Waals surface area contributed by atoms with Crippen LogP contribution in [0.15, 0.2) is 30.6 Å². The molecule has 2 amide bonds. The highest BCUT2D eigenvalue weighted by atomic mass is 16.3. The Morgan fingerprint density at radius 3 is 2.29 bits per heavy atom. The maximum absolute atomic E-state index is 13.8. The number of carbonyl (C=O) groups is 2. The van der Waals surface area contributed by atoms with Crippen molar-refractivity contribution < 1.29 is 14.7 Å². The zero-order valence-electron chi connectivity index (χ0n) is 22.7. The number of aliphatic hydroxyl groups excluding tert-OH is 1. The molecule has 5 rings (SSSR count). The average Bonchev–Trinajstić information content (AvgIpc) is 3.65. The number of nitrogens with zero attached hydrogens (tertiary/aromatic N) is 5. The first-order chi connectivity index (χ1) is 18.3. The van der Waals surface area contributed by atoms with Crippen LogP contribution in [0, 0.1) is 23.7 Å². The molecule has 0 bridgehead atoms. The average molecular weight is 524 g/mol. The number of piperazine rings is 1. The van der Waals surface area contributed by atoms with Gasteiger partial charge < -0.3 is 20.6 Å². The summed E-state index contributed by atoms with van der Waals surface area (Å²) in [6, 6.07) is 4.85. The quantitative estimate of drug-likeness (QED) is 0.438. The lowest BCUT2D eigenvalue weighted by Crippen LogP contribution is -2.54. The molecular formula is C28H41N7O3. The molecule has 3 N–H and O–H groups in total. The molecule has 2 aliphatic carbocycles. The smallest absolute Gasteiger partial charge is 0.270 e. The first-order valence-electron chi connectivity index (χ1n) is 14.0. The summed E-state index contributed by atoms with van der Waals surface area (Å²) in [6.07, 6.45) is 8.63. The molecule has 1 aliphatic heterocycles. The van der Waals surface area contributed by atoms with Crippen LogP contribution < -0.4 is 15.5 Å². The second kappa shape index (κ2) is 11.4. The third-order valence-electron chi connectivity index (χ3n) is 8.86. The van der Waals surface area contributed by atoms with E-state index >= 15 is 0 Å². The number of aryl methyl sites for hydroxylation is 1. The van der Waals surface area contributed by atoms with Gasteiger partial charge in [-0.15, -0.1) is 0 Å². The monoisotopic (exact) mass is 523 g/mol. The molecule has 0 spiro atoms. The SMILES string of the molecule is CC(C1CC1)C(C1CCC1)[C@H](NC(=O)c1ccnn1C)C(=O)Nc1ccc(N2CCN(C(C)O)CC2)nc1. The number of hydrogen-bond acceptors (Lipinski definition) is 7. The largest absolute Gasteiger partial charge is 0.379 e. The van der Waals surface area contributed by atoms with Gasteiger partial charge in [0.15, 0.2) is 0 Å². The number of aromatic nitrogens is 3. The molecule has 3 heterocycles. The molecule has 3 aliphatic rings. The second-order valence-electron chi connectivity index (χ2n) is 11.3. The molecule has 3 fully saturated rings. The van der Waals surface area contributed by atoms with Gasteiger partial charge in [-0.05, 0) is 61.6 Å². The van der Waals surface area contributed by atoms with Gasteiger partial charge in [0.25, 0.3) is 5.91 Å². The summed E-state index contributed by atoms with van der Waals surface area (Å²) in [6.45, 7) is 7.17. The van der Waals surface area contributed by atoms with Crippen molar-refractivity contribution in [3.8, 4) is 0 Å². The Morgan fingerprint density at radius 2 is 1.76 bits per heavy atom. The van der Waals surface area contributed by atoms with Crippen LogP contribution in [-0.4, -0.2) is 75.0 Å². The van der Waals surface area contributed by atoms with Gasteiger partial charge in [-0.25, -0.2) is 4.98 Å². The topological polar surface area (TPSA) is 116 Å². The number of amides is 2. The van der Waals surface area contributed by atoms with Crippen molar-refractivity contribution in [2.45, 2.75) is 58.2 Å². The fourth-order valence-electron chi connectivity index (χ4n) is 6.11. The van der Waals surface area contributed by atoms with Crippen LogP contribution in [0.25, 0.3) is 0 Å². The third kappa shape index (κ3) is 5.86. The van der Waals surface area contributed by atoms with Gasteiger partial charge in [0.05, 0.1) is 11.9 Å². The van der Waals surface area contributed by atoms with E-state index in [0.717, 1.165) is 44.8 Å². The first-order valence-corrected chi connectivity index (χ1v) is 14.0. The Kier molecular flexibility index (Phi) is 7.99. The summed E-state index contributed by atoms with van der Waals surface area (Å²) in [5.41, 5.74) is 1.06. The first kappa shape index (κ1) is 26.6. The molecule has 2 aromatic rings. The van der Waals surface area contributed by atoms with Crippen LogP contribution in [0.5, 0.6) is 0 Å². The lowest BCUT2D eigenvalue weighted by atomic mass is 9.66. The Balaban J connectivity index is 1.31. The van der Waals surface area contributed by atoms with E-state index < -0.39 is 12.3 Å². The minimum atomic E-state index is -0.633. The second-order valence-corrected chi connectivity index (χ2v) is 11.3. The lowest BCUT2D eigenvalue weighted by Gasteiger charge is -2.42. The number of hydrogen-bond donors (Lipinski definition) is 3. The van der Waals surface area contributed by atoms with Gasteiger partial charge in [-0.3, -0.25) is 19.2 Å². The molecule has 206 valence electrons. The fraction of sp³-hybridized carbons (Fsp3) is 0.643. The molecule has 10 heteroatoms. The Hall–Kier alpha value is -2.98. The minimum Gasteiger partial charge on any atom is -0.379 e. The summed E-state index contributed by atoms with van der Waals surface area (Å²) < 4.78 is 1.54. The third-order valence-corrected chi connectivity index (χ3v) is 8.86. The molecule has 3 unspecified atom stereocenters. The summed E-state index contributed by atoms with van der Waals surface area (Å²) in [4.78, 5) is 35.9. The number of pyridine rings is 1. The van der Waals surface area contributed by atoms with Crippen molar-refractivity contribution in [1.29, 1.82) is 0 Å². The molecule has 10 nitrogen and oxygen atoms in total. The highest BCUT2D eigenvalue weighted by Gasteiger charge is 2.45. The molecule has 0 radical (unpaired) electrons.